The molecule has 1 aliphatic carbocycles. The number of rotatable bonds is 1. The van der Waals surface area contributed by atoms with Crippen molar-refractivity contribution in [2.24, 2.45) is 5.41 Å². The van der Waals surface area contributed by atoms with Gasteiger partial charge in [0.1, 0.15) is 0 Å². The summed E-state index contributed by atoms with van der Waals surface area (Å²) in [6.45, 7) is 1.54. The number of carbonyl (C=O) groups excluding carboxylic acids is 3. The van der Waals surface area contributed by atoms with Crippen LogP contribution in [0.5, 0.6) is 0 Å². The van der Waals surface area contributed by atoms with E-state index < -0.39 is 17.6 Å². The molecule has 1 saturated heterocycles. The standard InChI is InChI=1S/C21H26FN3O3/c22-17-14-7-11-23-18(26)15(14)5-6-16(17)24-19(27)20(28)25-12-4-10-21(13-25)8-2-1-3-9-21/h5-6H,1-4,7-13H2,(H,23,26)(H,24,27). The largest absolute Gasteiger partial charge is 0.352 e. The molecule has 3 aliphatic rings. The Bertz CT molecular complexity index is 812. The Morgan fingerprint density at radius 2 is 1.86 bits per heavy atom. The summed E-state index contributed by atoms with van der Waals surface area (Å²) in [5.41, 5.74) is 0.671. The first-order valence-electron chi connectivity index (χ1n) is 10.2. The van der Waals surface area contributed by atoms with E-state index >= 15 is 0 Å². The van der Waals surface area contributed by atoms with E-state index in [1.54, 1.807) is 4.90 Å². The molecule has 3 amide bonds. The minimum absolute atomic E-state index is 0.0452. The predicted molar refractivity (Wildman–Crippen MR) is 102 cm³/mol. The number of piperidine rings is 1. The number of halogens is 1. The van der Waals surface area contributed by atoms with Gasteiger partial charge in [0, 0.05) is 30.8 Å². The molecular weight excluding hydrogens is 361 g/mol. The average molecular weight is 387 g/mol. The summed E-state index contributed by atoms with van der Waals surface area (Å²) in [7, 11) is 0. The van der Waals surface area contributed by atoms with Gasteiger partial charge in [-0.15, -0.1) is 0 Å². The summed E-state index contributed by atoms with van der Waals surface area (Å²) < 4.78 is 14.8. The lowest BCUT2D eigenvalue weighted by Crippen LogP contribution is -2.50. The number of anilines is 1. The molecule has 0 atom stereocenters. The van der Waals surface area contributed by atoms with Crippen LogP contribution in [0.1, 0.15) is 60.9 Å². The molecule has 150 valence electrons. The van der Waals surface area contributed by atoms with Gasteiger partial charge in [0.25, 0.3) is 5.91 Å². The molecule has 28 heavy (non-hydrogen) atoms. The second-order valence-electron chi connectivity index (χ2n) is 8.30. The Balaban J connectivity index is 1.46. The number of benzene rings is 1. The van der Waals surface area contributed by atoms with Crippen molar-refractivity contribution >= 4 is 23.4 Å². The minimum Gasteiger partial charge on any atom is -0.352 e. The highest BCUT2D eigenvalue weighted by Crippen LogP contribution is 2.43. The van der Waals surface area contributed by atoms with Crippen molar-refractivity contribution in [1.29, 1.82) is 0 Å². The van der Waals surface area contributed by atoms with Gasteiger partial charge in [-0.2, -0.15) is 0 Å². The van der Waals surface area contributed by atoms with Crippen LogP contribution >= 0.6 is 0 Å². The number of hydrogen-bond donors (Lipinski definition) is 2. The maximum atomic E-state index is 14.8. The summed E-state index contributed by atoms with van der Waals surface area (Å²) in [6, 6.07) is 2.84. The third kappa shape index (κ3) is 3.50. The van der Waals surface area contributed by atoms with Crippen LogP contribution in [0.2, 0.25) is 0 Å². The second kappa shape index (κ2) is 7.53. The molecule has 2 aliphatic heterocycles. The smallest absolute Gasteiger partial charge is 0.313 e. The van der Waals surface area contributed by atoms with Crippen molar-refractivity contribution in [2.45, 2.75) is 51.4 Å². The Morgan fingerprint density at radius 3 is 2.64 bits per heavy atom. The number of carbonyl (C=O) groups is 3. The highest BCUT2D eigenvalue weighted by Gasteiger charge is 2.39. The molecule has 1 aromatic rings. The van der Waals surface area contributed by atoms with Gasteiger partial charge in [0.05, 0.1) is 5.69 Å². The van der Waals surface area contributed by atoms with E-state index in [0.717, 1.165) is 25.7 Å². The fraction of sp³-hybridized carbons (Fsp3) is 0.571. The summed E-state index contributed by atoms with van der Waals surface area (Å²) in [4.78, 5) is 38.7. The quantitative estimate of drug-likeness (QED) is 0.727. The van der Waals surface area contributed by atoms with Crippen LogP contribution < -0.4 is 10.6 Å². The zero-order chi connectivity index (χ0) is 19.7. The summed E-state index contributed by atoms with van der Waals surface area (Å²) in [5.74, 6) is -2.36. The Kier molecular flexibility index (Phi) is 5.08. The lowest BCUT2D eigenvalue weighted by molar-refractivity contribution is -0.146. The van der Waals surface area contributed by atoms with E-state index in [2.05, 4.69) is 10.6 Å². The normalized spacial score (nSPS) is 21.0. The maximum absolute atomic E-state index is 14.8. The topological polar surface area (TPSA) is 78.5 Å². The molecule has 4 rings (SSSR count). The molecule has 0 bridgehead atoms. The van der Waals surface area contributed by atoms with Gasteiger partial charge in [-0.05, 0) is 49.7 Å². The van der Waals surface area contributed by atoms with Crippen molar-refractivity contribution in [3.8, 4) is 0 Å². The van der Waals surface area contributed by atoms with E-state index in [0.29, 0.717) is 26.1 Å². The van der Waals surface area contributed by atoms with Crippen LogP contribution in [0.4, 0.5) is 10.1 Å². The lowest BCUT2D eigenvalue weighted by Gasteiger charge is -2.45. The number of hydrogen-bond acceptors (Lipinski definition) is 3. The highest BCUT2D eigenvalue weighted by atomic mass is 19.1. The van der Waals surface area contributed by atoms with Gasteiger partial charge in [-0.3, -0.25) is 14.4 Å². The number of amides is 3. The van der Waals surface area contributed by atoms with Crippen LogP contribution in [-0.2, 0) is 16.0 Å². The van der Waals surface area contributed by atoms with Gasteiger partial charge in [-0.25, -0.2) is 4.39 Å². The van der Waals surface area contributed by atoms with E-state index in [-0.39, 0.29) is 28.1 Å². The van der Waals surface area contributed by atoms with Crippen LogP contribution in [0.25, 0.3) is 0 Å². The number of fused-ring (bicyclic) bond motifs is 1. The van der Waals surface area contributed by atoms with Crippen LogP contribution in [0.3, 0.4) is 0 Å². The first-order chi connectivity index (χ1) is 13.5. The molecule has 1 aromatic carbocycles. The van der Waals surface area contributed by atoms with Crippen molar-refractivity contribution in [3.05, 3.63) is 29.1 Å². The van der Waals surface area contributed by atoms with Crippen LogP contribution in [0.15, 0.2) is 12.1 Å². The van der Waals surface area contributed by atoms with Gasteiger partial charge in [0.15, 0.2) is 5.82 Å². The zero-order valence-electron chi connectivity index (χ0n) is 16.0. The molecule has 6 nitrogen and oxygen atoms in total. The molecule has 0 radical (unpaired) electrons. The monoisotopic (exact) mass is 387 g/mol. The molecule has 2 fully saturated rings. The molecule has 1 saturated carbocycles. The fourth-order valence-corrected chi connectivity index (χ4v) is 4.98. The molecule has 1 spiro atoms. The van der Waals surface area contributed by atoms with E-state index in [1.807, 2.05) is 0 Å². The Morgan fingerprint density at radius 1 is 1.11 bits per heavy atom. The van der Waals surface area contributed by atoms with Crippen LogP contribution in [0, 0.1) is 11.2 Å². The van der Waals surface area contributed by atoms with E-state index in [9.17, 15) is 18.8 Å². The third-order valence-electron chi connectivity index (χ3n) is 6.45. The summed E-state index contributed by atoms with van der Waals surface area (Å²) >= 11 is 0. The second-order valence-corrected chi connectivity index (χ2v) is 8.30. The molecule has 2 N–H and O–H groups in total. The maximum Gasteiger partial charge on any atom is 0.313 e. The average Bonchev–Trinajstić information content (AvgIpc) is 2.70. The number of likely N-dealkylation sites (tertiary alicyclic amines) is 1. The van der Waals surface area contributed by atoms with Gasteiger partial charge < -0.3 is 15.5 Å². The SMILES string of the molecule is O=C(Nc1ccc2c(c1F)CCNC2=O)C(=O)N1CCCC2(CCCCC2)C1. The van der Waals surface area contributed by atoms with Crippen molar-refractivity contribution in [1.82, 2.24) is 10.2 Å². The van der Waals surface area contributed by atoms with Crippen LogP contribution in [-0.4, -0.2) is 42.3 Å². The lowest BCUT2D eigenvalue weighted by atomic mass is 9.69. The molecule has 0 aromatic heterocycles. The van der Waals surface area contributed by atoms with E-state index in [1.165, 1.54) is 31.4 Å². The molecule has 2 heterocycles. The van der Waals surface area contributed by atoms with E-state index in [4.69, 9.17) is 0 Å². The van der Waals surface area contributed by atoms with Crippen molar-refractivity contribution in [3.63, 3.8) is 0 Å². The first-order valence-corrected chi connectivity index (χ1v) is 10.2. The van der Waals surface area contributed by atoms with Crippen molar-refractivity contribution in [2.75, 3.05) is 25.0 Å². The first kappa shape index (κ1) is 18.9. The fourth-order valence-electron chi connectivity index (χ4n) is 4.98. The summed E-state index contributed by atoms with van der Waals surface area (Å²) in [5, 5.41) is 5.09. The van der Waals surface area contributed by atoms with Gasteiger partial charge in [-0.1, -0.05) is 19.3 Å². The van der Waals surface area contributed by atoms with Crippen molar-refractivity contribution < 1.29 is 18.8 Å². The molecule has 7 heteroatoms. The van der Waals surface area contributed by atoms with Gasteiger partial charge in [0.2, 0.25) is 0 Å². The molecule has 0 unspecified atom stereocenters. The Labute approximate surface area is 163 Å². The summed E-state index contributed by atoms with van der Waals surface area (Å²) in [6.07, 6.45) is 8.20. The zero-order valence-corrected chi connectivity index (χ0v) is 16.0. The van der Waals surface area contributed by atoms with Gasteiger partial charge >= 0.3 is 11.8 Å². The Hall–Kier alpha value is -2.44. The third-order valence-corrected chi connectivity index (χ3v) is 6.45. The number of nitrogens with zero attached hydrogens (tertiary/aromatic N) is 1. The predicted octanol–water partition coefficient (Wildman–Crippen LogP) is 2.62. The number of nitrogens with one attached hydrogen (secondary N) is 2. The highest BCUT2D eigenvalue weighted by molar-refractivity contribution is 6.39. The molecular formula is C21H26FN3O3. The minimum atomic E-state index is -0.813.